The lowest BCUT2D eigenvalue weighted by Gasteiger charge is -2.14. The molecule has 102 valence electrons. The summed E-state index contributed by atoms with van der Waals surface area (Å²) in [6.45, 7) is 3.86. The third kappa shape index (κ3) is 3.97. The normalized spacial score (nSPS) is 12.3. The molecule has 3 nitrogen and oxygen atoms in total. The van der Waals surface area contributed by atoms with E-state index < -0.39 is 0 Å². The van der Waals surface area contributed by atoms with E-state index in [2.05, 4.69) is 18.5 Å². The quantitative estimate of drug-likeness (QED) is 0.835. The smallest absolute Gasteiger partial charge is 0.179 e. The molecule has 18 heavy (non-hydrogen) atoms. The van der Waals surface area contributed by atoms with Gasteiger partial charge >= 0.3 is 0 Å². The summed E-state index contributed by atoms with van der Waals surface area (Å²) >= 11 is 8.13. The number of hydrogen-bond acceptors (Lipinski definition) is 4. The van der Waals surface area contributed by atoms with E-state index in [4.69, 9.17) is 21.1 Å². The van der Waals surface area contributed by atoms with Crippen molar-refractivity contribution in [2.75, 3.05) is 27.0 Å². The van der Waals surface area contributed by atoms with Gasteiger partial charge in [-0.05, 0) is 17.9 Å². The van der Waals surface area contributed by atoms with Crippen molar-refractivity contribution in [1.82, 2.24) is 5.32 Å². The lowest BCUT2D eigenvalue weighted by atomic mass is 10.2. The highest BCUT2D eigenvalue weighted by Crippen LogP contribution is 2.37. The molecule has 0 fully saturated rings. The first-order valence-electron chi connectivity index (χ1n) is 5.76. The van der Waals surface area contributed by atoms with Crippen LogP contribution >= 0.6 is 23.4 Å². The van der Waals surface area contributed by atoms with Crippen LogP contribution in [0.5, 0.6) is 11.5 Å². The van der Waals surface area contributed by atoms with Crippen molar-refractivity contribution in [1.29, 1.82) is 0 Å². The van der Waals surface area contributed by atoms with Crippen LogP contribution in [0.1, 0.15) is 12.5 Å². The molecule has 1 N–H and O–H groups in total. The fraction of sp³-hybridized carbons (Fsp3) is 0.538. The van der Waals surface area contributed by atoms with Gasteiger partial charge in [0, 0.05) is 18.3 Å². The summed E-state index contributed by atoms with van der Waals surface area (Å²) in [5.74, 6) is 1.25. The molecule has 0 aromatic heterocycles. The Morgan fingerprint density at radius 1 is 1.33 bits per heavy atom. The van der Waals surface area contributed by atoms with Crippen molar-refractivity contribution in [2.24, 2.45) is 0 Å². The lowest BCUT2D eigenvalue weighted by molar-refractivity contribution is 0.354. The second-order valence-electron chi connectivity index (χ2n) is 3.95. The predicted molar refractivity (Wildman–Crippen MR) is 79.2 cm³/mol. The molecule has 0 heterocycles. The average Bonchev–Trinajstić information content (AvgIpc) is 2.39. The van der Waals surface area contributed by atoms with E-state index in [1.807, 2.05) is 23.9 Å². The Kier molecular flexibility index (Phi) is 6.68. The minimum atomic E-state index is 0.587. The first-order valence-corrected chi connectivity index (χ1v) is 7.43. The molecule has 0 aliphatic rings. The van der Waals surface area contributed by atoms with Gasteiger partial charge in [-0.2, -0.15) is 11.8 Å². The molecule has 1 aromatic rings. The molecule has 0 saturated heterocycles. The largest absolute Gasteiger partial charge is 0.493 e. The Hall–Kier alpha value is -0.580. The molecule has 0 radical (unpaired) electrons. The van der Waals surface area contributed by atoms with E-state index in [0.717, 1.165) is 18.7 Å². The van der Waals surface area contributed by atoms with Crippen LogP contribution in [0.15, 0.2) is 12.1 Å². The SMILES string of the molecule is COc1ccc(CNCC(C)SC)c(Cl)c1OC. The third-order valence-electron chi connectivity index (χ3n) is 2.71. The Bertz CT molecular complexity index is 387. The minimum absolute atomic E-state index is 0.587. The number of benzene rings is 1. The van der Waals surface area contributed by atoms with Gasteiger partial charge in [-0.15, -0.1) is 0 Å². The average molecular weight is 290 g/mol. The summed E-state index contributed by atoms with van der Waals surface area (Å²) in [6.07, 6.45) is 2.11. The van der Waals surface area contributed by atoms with Gasteiger partial charge < -0.3 is 14.8 Å². The van der Waals surface area contributed by atoms with Crippen LogP contribution < -0.4 is 14.8 Å². The van der Waals surface area contributed by atoms with Gasteiger partial charge in [0.25, 0.3) is 0 Å². The molecule has 0 aliphatic heterocycles. The van der Waals surface area contributed by atoms with Gasteiger partial charge in [0.15, 0.2) is 11.5 Å². The fourth-order valence-electron chi connectivity index (χ4n) is 1.56. The predicted octanol–water partition coefficient (Wildman–Crippen LogP) is 3.20. The standard InChI is InChI=1S/C13H20ClNO2S/c1-9(18-4)7-15-8-10-5-6-11(16-2)13(17-3)12(10)14/h5-6,9,15H,7-8H2,1-4H3. The van der Waals surface area contributed by atoms with Crippen LogP contribution in [0.4, 0.5) is 0 Å². The number of rotatable bonds is 7. The summed E-state index contributed by atoms with van der Waals surface area (Å²) in [5, 5.41) is 4.58. The topological polar surface area (TPSA) is 30.5 Å². The zero-order valence-electron chi connectivity index (χ0n) is 11.2. The summed E-state index contributed by atoms with van der Waals surface area (Å²) in [4.78, 5) is 0. The van der Waals surface area contributed by atoms with Crippen molar-refractivity contribution >= 4 is 23.4 Å². The molecule has 1 aromatic carbocycles. The van der Waals surface area contributed by atoms with Crippen molar-refractivity contribution < 1.29 is 9.47 Å². The highest BCUT2D eigenvalue weighted by Gasteiger charge is 2.12. The van der Waals surface area contributed by atoms with E-state index in [-0.39, 0.29) is 0 Å². The maximum Gasteiger partial charge on any atom is 0.179 e. The number of halogens is 1. The van der Waals surface area contributed by atoms with Crippen LogP contribution in [-0.4, -0.2) is 32.3 Å². The Balaban J connectivity index is 2.72. The van der Waals surface area contributed by atoms with Crippen LogP contribution in [0.3, 0.4) is 0 Å². The second kappa shape index (κ2) is 7.77. The van der Waals surface area contributed by atoms with Crippen LogP contribution in [0.25, 0.3) is 0 Å². The zero-order chi connectivity index (χ0) is 13.5. The highest BCUT2D eigenvalue weighted by atomic mass is 35.5. The van der Waals surface area contributed by atoms with Crippen molar-refractivity contribution in [3.05, 3.63) is 22.7 Å². The zero-order valence-corrected chi connectivity index (χ0v) is 12.8. The maximum atomic E-state index is 6.29. The summed E-state index contributed by atoms with van der Waals surface area (Å²) in [6, 6.07) is 3.83. The Morgan fingerprint density at radius 2 is 2.06 bits per heavy atom. The molecule has 1 unspecified atom stereocenters. The molecular formula is C13H20ClNO2S. The Morgan fingerprint density at radius 3 is 2.61 bits per heavy atom. The van der Waals surface area contributed by atoms with Gasteiger partial charge in [-0.25, -0.2) is 0 Å². The van der Waals surface area contributed by atoms with Crippen LogP contribution in [-0.2, 0) is 6.54 Å². The van der Waals surface area contributed by atoms with Crippen LogP contribution in [0, 0.1) is 0 Å². The van der Waals surface area contributed by atoms with Gasteiger partial charge in [0.1, 0.15) is 0 Å². The number of thioether (sulfide) groups is 1. The number of nitrogens with one attached hydrogen (secondary N) is 1. The fourth-order valence-corrected chi connectivity index (χ4v) is 2.14. The molecule has 0 bridgehead atoms. The van der Waals surface area contributed by atoms with E-state index in [0.29, 0.717) is 21.8 Å². The van der Waals surface area contributed by atoms with Crippen molar-refractivity contribution in [2.45, 2.75) is 18.7 Å². The molecule has 0 spiro atoms. The maximum absolute atomic E-state index is 6.29. The third-order valence-corrected chi connectivity index (χ3v) is 4.10. The highest BCUT2D eigenvalue weighted by molar-refractivity contribution is 7.99. The number of hydrogen-bond donors (Lipinski definition) is 1. The van der Waals surface area contributed by atoms with Crippen molar-refractivity contribution in [3.63, 3.8) is 0 Å². The molecule has 0 saturated carbocycles. The molecule has 0 amide bonds. The second-order valence-corrected chi connectivity index (χ2v) is 5.61. The molecule has 1 rings (SSSR count). The summed E-state index contributed by atoms with van der Waals surface area (Å²) in [7, 11) is 3.20. The van der Waals surface area contributed by atoms with E-state index in [1.165, 1.54) is 0 Å². The molecule has 0 aliphatic carbocycles. The van der Waals surface area contributed by atoms with Gasteiger partial charge in [0.2, 0.25) is 0 Å². The number of ether oxygens (including phenoxy) is 2. The first kappa shape index (κ1) is 15.5. The van der Waals surface area contributed by atoms with Gasteiger partial charge in [-0.3, -0.25) is 0 Å². The molecular weight excluding hydrogens is 270 g/mol. The number of methoxy groups -OCH3 is 2. The van der Waals surface area contributed by atoms with E-state index in [9.17, 15) is 0 Å². The first-order chi connectivity index (χ1) is 8.63. The summed E-state index contributed by atoms with van der Waals surface area (Å²) in [5.41, 5.74) is 1.02. The van der Waals surface area contributed by atoms with Crippen molar-refractivity contribution in [3.8, 4) is 11.5 Å². The van der Waals surface area contributed by atoms with Crippen LogP contribution in [0.2, 0.25) is 5.02 Å². The van der Waals surface area contributed by atoms with Gasteiger partial charge in [-0.1, -0.05) is 24.6 Å². The van der Waals surface area contributed by atoms with E-state index >= 15 is 0 Å². The monoisotopic (exact) mass is 289 g/mol. The van der Waals surface area contributed by atoms with E-state index in [1.54, 1.807) is 14.2 Å². The molecule has 1 atom stereocenters. The minimum Gasteiger partial charge on any atom is -0.493 e. The van der Waals surface area contributed by atoms with Gasteiger partial charge in [0.05, 0.1) is 19.2 Å². The summed E-state index contributed by atoms with van der Waals surface area (Å²) < 4.78 is 10.5. The lowest BCUT2D eigenvalue weighted by Crippen LogP contribution is -2.22. The Labute approximate surface area is 118 Å². The molecule has 5 heteroatoms.